The molecule has 2 N–H and O–H groups in total. The summed E-state index contributed by atoms with van der Waals surface area (Å²) in [6, 6.07) is 9.54. The highest BCUT2D eigenvalue weighted by molar-refractivity contribution is 5.98. The number of hydrogen-bond acceptors (Lipinski definition) is 10. The fourth-order valence-corrected chi connectivity index (χ4v) is 7.19. The van der Waals surface area contributed by atoms with E-state index in [1.807, 2.05) is 0 Å². The van der Waals surface area contributed by atoms with Crippen molar-refractivity contribution < 1.29 is 28.9 Å². The monoisotopic (exact) mass is 686 g/mol. The van der Waals surface area contributed by atoms with Crippen molar-refractivity contribution in [3.05, 3.63) is 80.2 Å². The highest BCUT2D eigenvalue weighted by Gasteiger charge is 2.30. The van der Waals surface area contributed by atoms with E-state index in [2.05, 4.69) is 47.5 Å². The third-order valence-corrected chi connectivity index (χ3v) is 10.0. The summed E-state index contributed by atoms with van der Waals surface area (Å²) >= 11 is 0. The number of benzene rings is 2. The molecule has 4 heterocycles. The van der Waals surface area contributed by atoms with Crippen LogP contribution in [0.3, 0.4) is 0 Å². The van der Waals surface area contributed by atoms with Gasteiger partial charge in [0.05, 0.1) is 21.2 Å². The number of piperidine rings is 2. The average Bonchev–Trinajstić information content (AvgIpc) is 3.64. The zero-order chi connectivity index (χ0) is 35.7. The lowest BCUT2D eigenvalue weighted by Gasteiger charge is -2.34. The molecule has 2 aliphatic heterocycles. The first-order valence-electron chi connectivity index (χ1n) is 17.1. The number of nitrogens with zero attached hydrogens (tertiary/aromatic N) is 4. The van der Waals surface area contributed by atoms with Gasteiger partial charge >= 0.3 is 11.9 Å². The van der Waals surface area contributed by atoms with Gasteiger partial charge in [-0.1, -0.05) is 0 Å². The Bertz CT molecular complexity index is 1820. The molecule has 264 valence electrons. The van der Waals surface area contributed by atoms with Crippen LogP contribution in [0.15, 0.2) is 48.6 Å². The van der Waals surface area contributed by atoms with Crippen LogP contribution < -0.4 is 9.47 Å². The summed E-state index contributed by atoms with van der Waals surface area (Å²) in [5, 5.41) is 24.0. The van der Waals surface area contributed by atoms with E-state index in [0.29, 0.717) is 45.3 Å². The lowest BCUT2D eigenvalue weighted by Crippen LogP contribution is -2.38. The van der Waals surface area contributed by atoms with E-state index in [4.69, 9.17) is 9.47 Å². The summed E-state index contributed by atoms with van der Waals surface area (Å²) < 4.78 is 11.6. The van der Waals surface area contributed by atoms with Crippen molar-refractivity contribution in [3.8, 4) is 11.5 Å². The molecule has 0 saturated carbocycles. The van der Waals surface area contributed by atoms with Gasteiger partial charge in [-0.2, -0.15) is 0 Å². The zero-order valence-corrected chi connectivity index (χ0v) is 28.6. The minimum absolute atomic E-state index is 0.0324. The first-order valence-corrected chi connectivity index (χ1v) is 17.1. The van der Waals surface area contributed by atoms with Crippen LogP contribution in [-0.4, -0.2) is 79.8 Å². The Balaban J connectivity index is 1.24. The Morgan fingerprint density at radius 1 is 0.700 bits per heavy atom. The van der Waals surface area contributed by atoms with Gasteiger partial charge in [0.25, 0.3) is 11.4 Å². The van der Waals surface area contributed by atoms with Gasteiger partial charge in [-0.25, -0.2) is 9.59 Å². The van der Waals surface area contributed by atoms with E-state index in [9.17, 15) is 29.8 Å². The number of rotatable bonds is 10. The largest absolute Gasteiger partial charge is 0.421 e. The van der Waals surface area contributed by atoms with Crippen LogP contribution in [0.2, 0.25) is 0 Å². The number of H-pyrrole nitrogens is 2. The zero-order valence-electron chi connectivity index (χ0n) is 28.6. The molecule has 2 aromatic carbocycles. The van der Waals surface area contributed by atoms with Crippen LogP contribution in [0.1, 0.15) is 76.6 Å². The van der Waals surface area contributed by atoms with Crippen molar-refractivity contribution in [1.82, 2.24) is 19.8 Å². The van der Waals surface area contributed by atoms with Crippen molar-refractivity contribution >= 4 is 45.1 Å². The van der Waals surface area contributed by atoms with Crippen molar-refractivity contribution in [2.75, 3.05) is 26.2 Å². The summed E-state index contributed by atoms with van der Waals surface area (Å²) in [5.74, 6) is -1.24. The number of nitro groups is 2. The molecule has 2 aromatic heterocycles. The molecule has 0 amide bonds. The molecule has 2 aliphatic rings. The van der Waals surface area contributed by atoms with E-state index in [1.165, 1.54) is 24.3 Å². The lowest BCUT2D eigenvalue weighted by atomic mass is 9.92. The van der Waals surface area contributed by atoms with Crippen LogP contribution in [0.25, 0.3) is 21.8 Å². The van der Waals surface area contributed by atoms with Gasteiger partial charge in [0.2, 0.25) is 0 Å². The summed E-state index contributed by atoms with van der Waals surface area (Å²) in [4.78, 5) is 60.0. The molecule has 6 rings (SSSR count). The number of likely N-dealkylation sites (tertiary alicyclic amines) is 2. The van der Waals surface area contributed by atoms with Crippen LogP contribution in [0, 0.1) is 20.2 Å². The Labute approximate surface area is 288 Å². The SMILES string of the molecule is CC(C)N1CCC(c2[nH]c3ccc([N+](=O)[O-])cc3c2OC(=O)/C=C\C(=O)Oc2c(C3CCN(C(C)C)CC3)[nH]c3ccc([N+](=O)[O-])cc23)CC1. The number of esters is 2. The Kier molecular flexibility index (Phi) is 10.0. The highest BCUT2D eigenvalue weighted by atomic mass is 16.6. The molecule has 50 heavy (non-hydrogen) atoms. The standard InChI is InChI=1S/C36H42N6O8/c1-21(2)39-15-11-23(12-16-39)33-35(27-19-25(41(45)46)5-7-29(27)37-33)49-31(43)9-10-32(44)50-36-28-20-26(42(47)48)6-8-30(28)38-34(36)24-13-17-40(18-14-24)22(3)4/h5-10,19-24,37-38H,11-18H2,1-4H3/b10-9-. The molecule has 14 heteroatoms. The van der Waals surface area contributed by atoms with Crippen molar-refractivity contribution in [1.29, 1.82) is 0 Å². The number of non-ortho nitro benzene ring substituents is 2. The van der Waals surface area contributed by atoms with Gasteiger partial charge in [-0.15, -0.1) is 0 Å². The van der Waals surface area contributed by atoms with Gasteiger partial charge < -0.3 is 29.2 Å². The van der Waals surface area contributed by atoms with Gasteiger partial charge in [-0.3, -0.25) is 20.2 Å². The minimum Gasteiger partial charge on any atom is -0.421 e. The first-order chi connectivity index (χ1) is 23.9. The third kappa shape index (κ3) is 7.26. The van der Waals surface area contributed by atoms with Gasteiger partial charge in [-0.05, 0) is 91.7 Å². The molecule has 0 bridgehead atoms. The second-order valence-electron chi connectivity index (χ2n) is 13.7. The molecule has 4 aromatic rings. The number of ether oxygens (including phenoxy) is 2. The second-order valence-corrected chi connectivity index (χ2v) is 13.7. The van der Waals surface area contributed by atoms with Crippen molar-refractivity contribution in [2.45, 2.75) is 77.3 Å². The molecular weight excluding hydrogens is 644 g/mol. The van der Waals surface area contributed by atoms with Crippen LogP contribution in [0.4, 0.5) is 11.4 Å². The molecular formula is C36H42N6O8. The van der Waals surface area contributed by atoms with E-state index < -0.39 is 21.8 Å². The van der Waals surface area contributed by atoms with Gasteiger partial charge in [0, 0.05) is 82.1 Å². The average molecular weight is 687 g/mol. The molecule has 0 atom stereocenters. The molecule has 0 unspecified atom stereocenters. The van der Waals surface area contributed by atoms with Crippen molar-refractivity contribution in [3.63, 3.8) is 0 Å². The number of nitro benzene ring substituents is 2. The first kappa shape index (κ1) is 34.8. The second kappa shape index (κ2) is 14.4. The Morgan fingerprint density at radius 2 is 1.06 bits per heavy atom. The Hall–Kier alpha value is -5.08. The predicted octanol–water partition coefficient (Wildman–Crippen LogP) is 6.71. The number of hydrogen-bond donors (Lipinski definition) is 2. The number of aromatic nitrogens is 2. The number of carbonyl (C=O) groups excluding carboxylic acids is 2. The summed E-state index contributed by atoms with van der Waals surface area (Å²) in [6.45, 7) is 12.0. The number of fused-ring (bicyclic) bond motifs is 2. The minimum atomic E-state index is -0.855. The van der Waals surface area contributed by atoms with Crippen molar-refractivity contribution in [2.24, 2.45) is 0 Å². The number of nitrogens with one attached hydrogen (secondary N) is 2. The molecule has 0 radical (unpaired) electrons. The summed E-state index contributed by atoms with van der Waals surface area (Å²) in [5.41, 5.74) is 2.28. The van der Waals surface area contributed by atoms with Crippen LogP contribution >= 0.6 is 0 Å². The maximum Gasteiger partial charge on any atom is 0.336 e. The molecule has 14 nitrogen and oxygen atoms in total. The number of aromatic amines is 2. The lowest BCUT2D eigenvalue weighted by molar-refractivity contribution is -0.384. The van der Waals surface area contributed by atoms with E-state index in [-0.39, 0.29) is 34.7 Å². The van der Waals surface area contributed by atoms with E-state index in [1.54, 1.807) is 12.1 Å². The smallest absolute Gasteiger partial charge is 0.336 e. The molecule has 0 spiro atoms. The third-order valence-electron chi connectivity index (χ3n) is 10.0. The fourth-order valence-electron chi connectivity index (χ4n) is 7.19. The molecule has 2 fully saturated rings. The van der Waals surface area contributed by atoms with E-state index in [0.717, 1.165) is 64.0 Å². The molecule has 0 aliphatic carbocycles. The number of carbonyl (C=O) groups is 2. The van der Waals surface area contributed by atoms with Crippen LogP contribution in [-0.2, 0) is 9.59 Å². The quantitative estimate of drug-likeness (QED) is 0.0789. The summed E-state index contributed by atoms with van der Waals surface area (Å²) in [6.07, 6.45) is 5.15. The predicted molar refractivity (Wildman–Crippen MR) is 188 cm³/mol. The van der Waals surface area contributed by atoms with Crippen LogP contribution in [0.5, 0.6) is 11.5 Å². The van der Waals surface area contributed by atoms with Gasteiger partial charge in [0.15, 0.2) is 11.5 Å². The summed E-state index contributed by atoms with van der Waals surface area (Å²) in [7, 11) is 0. The van der Waals surface area contributed by atoms with E-state index >= 15 is 0 Å². The maximum atomic E-state index is 13.2. The highest BCUT2D eigenvalue weighted by Crippen LogP contribution is 2.42. The normalized spacial score (nSPS) is 17.0. The Morgan fingerprint density at radius 3 is 1.38 bits per heavy atom. The fraction of sp³-hybridized carbons (Fsp3) is 0.444. The molecule has 2 saturated heterocycles. The maximum absolute atomic E-state index is 13.2. The topological polar surface area (TPSA) is 177 Å². The van der Waals surface area contributed by atoms with Gasteiger partial charge in [0.1, 0.15) is 0 Å².